The van der Waals surface area contributed by atoms with Crippen molar-refractivity contribution in [3.8, 4) is 5.75 Å². The summed E-state index contributed by atoms with van der Waals surface area (Å²) in [6.07, 6.45) is -10.7. The normalized spacial score (nSPS) is 16.6. The van der Waals surface area contributed by atoms with E-state index in [2.05, 4.69) is 0 Å². The molecule has 2 unspecified atom stereocenters. The van der Waals surface area contributed by atoms with Crippen LogP contribution < -0.4 is 4.74 Å². The lowest BCUT2D eigenvalue weighted by Gasteiger charge is -2.43. The summed E-state index contributed by atoms with van der Waals surface area (Å²) < 4.78 is 184. The number of benzene rings is 2. The molecule has 2 nitrogen and oxygen atoms in total. The topological polar surface area (TPSA) is 29.5 Å². The molecule has 0 aromatic heterocycles. The Morgan fingerprint density at radius 1 is 0.625 bits per heavy atom. The lowest BCUT2D eigenvalue weighted by molar-refractivity contribution is -0.441. The molecule has 226 valence electrons. The van der Waals surface area contributed by atoms with Crippen LogP contribution in [0, 0.1) is 0 Å². The number of alkyl halides is 13. The maximum atomic E-state index is 14.9. The van der Waals surface area contributed by atoms with Crippen LogP contribution in [0.3, 0.4) is 0 Å². The summed E-state index contributed by atoms with van der Waals surface area (Å²) in [7, 11) is 0. The molecule has 0 heterocycles. The fourth-order valence-corrected chi connectivity index (χ4v) is 3.87. The molecule has 0 aliphatic carbocycles. The Kier molecular flexibility index (Phi) is 8.88. The average molecular weight is 602 g/mol. The molecule has 0 spiro atoms. The van der Waals surface area contributed by atoms with Crippen LogP contribution in [0.25, 0.3) is 0 Å². The third-order valence-corrected chi connectivity index (χ3v) is 6.23. The van der Waals surface area contributed by atoms with Gasteiger partial charge in [-0.3, -0.25) is 0 Å². The molecule has 40 heavy (non-hydrogen) atoms. The van der Waals surface area contributed by atoms with Crippen molar-refractivity contribution in [3.63, 3.8) is 0 Å². The number of aliphatic hydroxyl groups is 1. The van der Waals surface area contributed by atoms with Crippen molar-refractivity contribution in [2.24, 2.45) is 0 Å². The van der Waals surface area contributed by atoms with E-state index < -0.39 is 65.4 Å². The predicted octanol–water partition coefficient (Wildman–Crippen LogP) is 8.59. The number of halogens is 13. The van der Waals surface area contributed by atoms with Crippen LogP contribution in [0.15, 0.2) is 54.6 Å². The second-order valence-electron chi connectivity index (χ2n) is 9.42. The standard InChI is InChI=1S/C25H23F13O2/c1-14(2)40-18-11-9-17(10-12-18)19(39,15(3)16-7-5-4-6-8-16)13-20(26,27)21(28,29)22(30,31)23(32,33)24(34,35)25(36,37)38/h4-12,14-15,39H,13H2,1-3H3. The summed E-state index contributed by atoms with van der Waals surface area (Å²) in [6, 6.07) is 10.5. The number of hydrogen-bond acceptors (Lipinski definition) is 2. The minimum atomic E-state index is -8.02. The zero-order valence-electron chi connectivity index (χ0n) is 20.8. The highest BCUT2D eigenvalue weighted by Gasteiger charge is 2.90. The van der Waals surface area contributed by atoms with E-state index >= 15 is 0 Å². The largest absolute Gasteiger partial charge is 0.491 e. The first-order valence-corrected chi connectivity index (χ1v) is 11.4. The van der Waals surface area contributed by atoms with Crippen LogP contribution in [-0.4, -0.2) is 47.0 Å². The van der Waals surface area contributed by atoms with E-state index in [1.54, 1.807) is 13.8 Å². The van der Waals surface area contributed by atoms with Crippen molar-refractivity contribution in [3.05, 3.63) is 65.7 Å². The van der Waals surface area contributed by atoms with Gasteiger partial charge in [-0.15, -0.1) is 0 Å². The number of rotatable bonds is 11. The van der Waals surface area contributed by atoms with Crippen LogP contribution in [-0.2, 0) is 5.60 Å². The molecule has 0 aliphatic heterocycles. The minimum Gasteiger partial charge on any atom is -0.491 e. The molecule has 2 aromatic carbocycles. The molecule has 0 saturated heterocycles. The van der Waals surface area contributed by atoms with Gasteiger partial charge in [-0.05, 0) is 37.1 Å². The van der Waals surface area contributed by atoms with E-state index in [4.69, 9.17) is 4.74 Å². The molecule has 0 fully saturated rings. The summed E-state index contributed by atoms with van der Waals surface area (Å²) in [5.41, 5.74) is -3.96. The van der Waals surface area contributed by atoms with Crippen LogP contribution in [0.5, 0.6) is 5.75 Å². The molecule has 2 atom stereocenters. The Hall–Kier alpha value is -2.71. The molecule has 15 heteroatoms. The molecule has 2 aromatic rings. The van der Waals surface area contributed by atoms with Gasteiger partial charge < -0.3 is 9.84 Å². The van der Waals surface area contributed by atoms with Gasteiger partial charge in [0.25, 0.3) is 0 Å². The highest BCUT2D eigenvalue weighted by molar-refractivity contribution is 5.35. The third-order valence-electron chi connectivity index (χ3n) is 6.23. The SMILES string of the molecule is CC(C)Oc1ccc(C(O)(CC(F)(F)C(F)(F)C(F)(F)C(F)(F)C(F)(F)C(F)(F)F)C(C)c2ccccc2)cc1. The zero-order valence-corrected chi connectivity index (χ0v) is 20.8. The van der Waals surface area contributed by atoms with Crippen LogP contribution in [0.1, 0.15) is 44.2 Å². The van der Waals surface area contributed by atoms with Gasteiger partial charge in [-0.25, -0.2) is 0 Å². The van der Waals surface area contributed by atoms with Gasteiger partial charge in [0.2, 0.25) is 0 Å². The maximum Gasteiger partial charge on any atom is 0.460 e. The fraction of sp³-hybridized carbons (Fsp3) is 0.520. The summed E-state index contributed by atoms with van der Waals surface area (Å²) in [5, 5.41) is 11.3. The quantitative estimate of drug-likeness (QED) is 0.261. The monoisotopic (exact) mass is 602 g/mol. The lowest BCUT2D eigenvalue weighted by atomic mass is 9.73. The van der Waals surface area contributed by atoms with Gasteiger partial charge in [-0.2, -0.15) is 57.1 Å². The first kappa shape index (κ1) is 33.5. The molecule has 0 amide bonds. The Morgan fingerprint density at radius 2 is 1.07 bits per heavy atom. The zero-order chi connectivity index (χ0) is 31.2. The van der Waals surface area contributed by atoms with Crippen molar-refractivity contribution in [1.82, 2.24) is 0 Å². The Balaban J connectivity index is 2.67. The smallest absolute Gasteiger partial charge is 0.460 e. The van der Waals surface area contributed by atoms with E-state index in [1.165, 1.54) is 30.3 Å². The first-order valence-electron chi connectivity index (χ1n) is 11.4. The molecule has 0 saturated carbocycles. The Bertz CT molecular complexity index is 1130. The van der Waals surface area contributed by atoms with E-state index in [0.29, 0.717) is 0 Å². The molecule has 0 bridgehead atoms. The second-order valence-corrected chi connectivity index (χ2v) is 9.42. The van der Waals surface area contributed by atoms with Crippen molar-refractivity contribution in [2.75, 3.05) is 0 Å². The highest BCUT2D eigenvalue weighted by Crippen LogP contribution is 2.62. The Labute approximate surface area is 219 Å². The van der Waals surface area contributed by atoms with Crippen LogP contribution in [0.4, 0.5) is 57.1 Å². The Morgan fingerprint density at radius 3 is 1.50 bits per heavy atom. The lowest BCUT2D eigenvalue weighted by Crippen LogP contribution is -2.70. The molecule has 1 N–H and O–H groups in total. The van der Waals surface area contributed by atoms with Crippen molar-refractivity contribution >= 4 is 0 Å². The number of ether oxygens (including phenoxy) is 1. The molecular formula is C25H23F13O2. The van der Waals surface area contributed by atoms with Gasteiger partial charge in [-0.1, -0.05) is 49.4 Å². The van der Waals surface area contributed by atoms with Crippen molar-refractivity contribution in [2.45, 2.75) is 80.6 Å². The minimum absolute atomic E-state index is 0.0349. The van der Waals surface area contributed by atoms with Crippen LogP contribution >= 0.6 is 0 Å². The molecular weight excluding hydrogens is 579 g/mol. The summed E-state index contributed by atoms with van der Waals surface area (Å²) >= 11 is 0. The molecule has 0 aliphatic rings. The molecule has 2 rings (SSSR count). The third kappa shape index (κ3) is 5.57. The fourth-order valence-electron chi connectivity index (χ4n) is 3.87. The summed E-state index contributed by atoms with van der Waals surface area (Å²) in [5.74, 6) is -39.4. The van der Waals surface area contributed by atoms with Gasteiger partial charge in [0.05, 0.1) is 12.5 Å². The van der Waals surface area contributed by atoms with E-state index in [9.17, 15) is 62.2 Å². The van der Waals surface area contributed by atoms with Crippen LogP contribution in [0.2, 0.25) is 0 Å². The summed E-state index contributed by atoms with van der Waals surface area (Å²) in [6.45, 7) is 4.19. The van der Waals surface area contributed by atoms with Gasteiger partial charge in [0, 0.05) is 5.92 Å². The highest BCUT2D eigenvalue weighted by atomic mass is 19.4. The van der Waals surface area contributed by atoms with E-state index in [1.807, 2.05) is 0 Å². The molecule has 0 radical (unpaired) electrons. The van der Waals surface area contributed by atoms with Crippen molar-refractivity contribution in [1.29, 1.82) is 0 Å². The first-order chi connectivity index (χ1) is 17.9. The maximum absolute atomic E-state index is 14.9. The van der Waals surface area contributed by atoms with E-state index in [0.717, 1.165) is 31.2 Å². The average Bonchev–Trinajstić information content (AvgIpc) is 2.82. The van der Waals surface area contributed by atoms with Crippen molar-refractivity contribution < 1.29 is 66.9 Å². The predicted molar refractivity (Wildman–Crippen MR) is 116 cm³/mol. The number of hydrogen-bond donors (Lipinski definition) is 1. The van der Waals surface area contributed by atoms with Gasteiger partial charge in [0.1, 0.15) is 11.4 Å². The van der Waals surface area contributed by atoms with Gasteiger partial charge >= 0.3 is 35.8 Å². The van der Waals surface area contributed by atoms with Gasteiger partial charge in [0.15, 0.2) is 0 Å². The van der Waals surface area contributed by atoms with E-state index in [-0.39, 0.29) is 11.3 Å². The summed E-state index contributed by atoms with van der Waals surface area (Å²) in [4.78, 5) is 0. The second kappa shape index (κ2) is 10.6.